The molecule has 3 nitrogen and oxygen atoms in total. The Morgan fingerprint density at radius 1 is 1.14 bits per heavy atom. The van der Waals surface area contributed by atoms with E-state index in [1.54, 1.807) is 0 Å². The van der Waals surface area contributed by atoms with E-state index in [-0.39, 0.29) is 29.8 Å². The minimum Gasteiger partial charge on any atom is -0.399 e. The molecule has 0 heterocycles. The Morgan fingerprint density at radius 3 is 2.14 bits per heavy atom. The average molecular weight is 327 g/mol. The van der Waals surface area contributed by atoms with Crippen molar-refractivity contribution in [2.75, 3.05) is 5.73 Å². The van der Waals surface area contributed by atoms with Gasteiger partial charge in [0, 0.05) is 11.7 Å². The molecule has 126 valence electrons. The van der Waals surface area contributed by atoms with Crippen LogP contribution < -0.4 is 11.1 Å². The van der Waals surface area contributed by atoms with Crippen molar-refractivity contribution in [3.05, 3.63) is 29.8 Å². The van der Waals surface area contributed by atoms with Gasteiger partial charge in [0.2, 0.25) is 5.91 Å². The highest BCUT2D eigenvalue weighted by atomic mass is 35.5. The minimum absolute atomic E-state index is 0. The number of halogens is 1. The van der Waals surface area contributed by atoms with Crippen LogP contribution in [0.3, 0.4) is 0 Å². The van der Waals surface area contributed by atoms with Gasteiger partial charge < -0.3 is 11.1 Å². The van der Waals surface area contributed by atoms with E-state index in [0.29, 0.717) is 12.3 Å². The number of hydrogen-bond acceptors (Lipinski definition) is 2. The largest absolute Gasteiger partial charge is 0.399 e. The number of carbonyl (C=O) groups excluding carboxylic acids is 1. The van der Waals surface area contributed by atoms with Crippen LogP contribution in [-0.4, -0.2) is 11.9 Å². The smallest absolute Gasteiger partial charge is 0.224 e. The normalized spacial score (nSPS) is 12.6. The van der Waals surface area contributed by atoms with Gasteiger partial charge in [-0.15, -0.1) is 12.4 Å². The van der Waals surface area contributed by atoms with Crippen LogP contribution in [0.25, 0.3) is 0 Å². The maximum atomic E-state index is 12.3. The molecule has 0 fully saturated rings. The monoisotopic (exact) mass is 326 g/mol. The average Bonchev–Trinajstić information content (AvgIpc) is 2.35. The van der Waals surface area contributed by atoms with Gasteiger partial charge in [0.1, 0.15) is 0 Å². The maximum Gasteiger partial charge on any atom is 0.224 e. The van der Waals surface area contributed by atoms with Crippen LogP contribution in [0.2, 0.25) is 0 Å². The first-order valence-corrected chi connectivity index (χ1v) is 7.82. The molecule has 4 heteroatoms. The molecule has 0 aliphatic heterocycles. The molecule has 0 spiro atoms. The fraction of sp³-hybridized carbons (Fsp3) is 0.611. The van der Waals surface area contributed by atoms with Gasteiger partial charge in [-0.2, -0.15) is 0 Å². The van der Waals surface area contributed by atoms with Crippen LogP contribution in [0.4, 0.5) is 5.69 Å². The molecule has 0 aliphatic carbocycles. The molecule has 1 unspecified atom stereocenters. The fourth-order valence-electron chi connectivity index (χ4n) is 2.29. The van der Waals surface area contributed by atoms with Gasteiger partial charge in [-0.3, -0.25) is 4.79 Å². The lowest BCUT2D eigenvalue weighted by Gasteiger charge is -2.32. The Bertz CT molecular complexity index is 449. The summed E-state index contributed by atoms with van der Waals surface area (Å²) in [5, 5.41) is 3.21. The molecule has 0 saturated heterocycles. The van der Waals surface area contributed by atoms with E-state index in [0.717, 1.165) is 24.1 Å². The quantitative estimate of drug-likeness (QED) is 0.770. The van der Waals surface area contributed by atoms with Gasteiger partial charge in [-0.1, -0.05) is 46.8 Å². The Labute approximate surface area is 141 Å². The second-order valence-electron chi connectivity index (χ2n) is 7.38. The second kappa shape index (κ2) is 9.04. The summed E-state index contributed by atoms with van der Waals surface area (Å²) in [7, 11) is 0. The SMILES string of the molecule is CC(C)CCC(NC(=O)Cc1ccc(N)cc1)C(C)(C)C.Cl. The van der Waals surface area contributed by atoms with Crippen LogP contribution in [0, 0.1) is 11.3 Å². The van der Waals surface area contributed by atoms with Gasteiger partial charge >= 0.3 is 0 Å². The number of benzene rings is 1. The van der Waals surface area contributed by atoms with Crippen molar-refractivity contribution in [2.45, 2.75) is 59.9 Å². The van der Waals surface area contributed by atoms with Crippen LogP contribution in [0.15, 0.2) is 24.3 Å². The maximum absolute atomic E-state index is 12.3. The summed E-state index contributed by atoms with van der Waals surface area (Å²) in [5.74, 6) is 0.743. The lowest BCUT2D eigenvalue weighted by molar-refractivity contribution is -0.122. The van der Waals surface area contributed by atoms with Gasteiger partial charge in [0.15, 0.2) is 0 Å². The molecular weight excluding hydrogens is 296 g/mol. The standard InChI is InChI=1S/C18H30N2O.ClH/c1-13(2)6-11-16(18(3,4)5)20-17(21)12-14-7-9-15(19)10-8-14;/h7-10,13,16H,6,11-12,19H2,1-5H3,(H,20,21);1H. The first-order chi connectivity index (χ1) is 9.68. The molecule has 0 aliphatic rings. The molecule has 1 aromatic rings. The van der Waals surface area contributed by atoms with Crippen molar-refractivity contribution in [1.29, 1.82) is 0 Å². The van der Waals surface area contributed by atoms with Crippen molar-refractivity contribution in [2.24, 2.45) is 11.3 Å². The van der Waals surface area contributed by atoms with Crippen molar-refractivity contribution in [3.63, 3.8) is 0 Å². The summed E-state index contributed by atoms with van der Waals surface area (Å²) in [6.45, 7) is 11.0. The lowest BCUT2D eigenvalue weighted by atomic mass is 9.82. The van der Waals surface area contributed by atoms with E-state index in [1.807, 2.05) is 24.3 Å². The summed E-state index contributed by atoms with van der Waals surface area (Å²) in [4.78, 5) is 12.3. The van der Waals surface area contributed by atoms with Crippen LogP contribution in [0.1, 0.15) is 53.0 Å². The number of nitrogens with two attached hydrogens (primary N) is 1. The highest BCUT2D eigenvalue weighted by molar-refractivity contribution is 5.85. The Morgan fingerprint density at radius 2 is 1.68 bits per heavy atom. The van der Waals surface area contributed by atoms with E-state index in [4.69, 9.17) is 5.73 Å². The predicted molar refractivity (Wildman–Crippen MR) is 97.3 cm³/mol. The van der Waals surface area contributed by atoms with Crippen molar-refractivity contribution < 1.29 is 4.79 Å². The second-order valence-corrected chi connectivity index (χ2v) is 7.38. The zero-order valence-corrected chi connectivity index (χ0v) is 15.3. The minimum atomic E-state index is 0. The van der Waals surface area contributed by atoms with Crippen molar-refractivity contribution in [3.8, 4) is 0 Å². The first kappa shape index (κ1) is 20.8. The third-order valence-corrected chi connectivity index (χ3v) is 3.76. The summed E-state index contributed by atoms with van der Waals surface area (Å²) in [6, 6.07) is 7.70. The molecule has 1 aromatic carbocycles. The zero-order chi connectivity index (χ0) is 16.0. The lowest BCUT2D eigenvalue weighted by Crippen LogP contribution is -2.44. The molecule has 1 atom stereocenters. The van der Waals surface area contributed by atoms with Crippen LogP contribution in [0.5, 0.6) is 0 Å². The molecular formula is C18H31ClN2O. The first-order valence-electron chi connectivity index (χ1n) is 7.82. The molecule has 0 radical (unpaired) electrons. The Kier molecular flexibility index (Phi) is 8.54. The number of rotatable bonds is 6. The summed E-state index contributed by atoms with van der Waals surface area (Å²) in [5.41, 5.74) is 7.46. The summed E-state index contributed by atoms with van der Waals surface area (Å²) in [6.07, 6.45) is 2.56. The number of nitrogen functional groups attached to an aromatic ring is 1. The van der Waals surface area contributed by atoms with E-state index >= 15 is 0 Å². The molecule has 1 amide bonds. The molecule has 1 rings (SSSR count). The molecule has 0 aromatic heterocycles. The van der Waals surface area contributed by atoms with Crippen LogP contribution in [-0.2, 0) is 11.2 Å². The molecule has 22 heavy (non-hydrogen) atoms. The van der Waals surface area contributed by atoms with Gasteiger partial charge in [0.05, 0.1) is 6.42 Å². The summed E-state index contributed by atoms with van der Waals surface area (Å²) >= 11 is 0. The number of nitrogens with one attached hydrogen (secondary N) is 1. The molecule has 3 N–H and O–H groups in total. The van der Waals surface area contributed by atoms with Gasteiger partial charge in [-0.05, 0) is 41.9 Å². The number of hydrogen-bond donors (Lipinski definition) is 2. The van der Waals surface area contributed by atoms with Gasteiger partial charge in [-0.25, -0.2) is 0 Å². The molecule has 0 saturated carbocycles. The Balaban J connectivity index is 0.00000441. The third kappa shape index (κ3) is 7.69. The summed E-state index contributed by atoms with van der Waals surface area (Å²) < 4.78 is 0. The number of amides is 1. The predicted octanol–water partition coefficient (Wildman–Crippen LogP) is 4.20. The highest BCUT2D eigenvalue weighted by Crippen LogP contribution is 2.24. The van der Waals surface area contributed by atoms with E-state index in [2.05, 4.69) is 39.9 Å². The topological polar surface area (TPSA) is 55.1 Å². The Hall–Kier alpha value is -1.22. The highest BCUT2D eigenvalue weighted by Gasteiger charge is 2.26. The van der Waals surface area contributed by atoms with Gasteiger partial charge in [0.25, 0.3) is 0 Å². The number of carbonyl (C=O) groups is 1. The van der Waals surface area contributed by atoms with Crippen molar-refractivity contribution >= 4 is 24.0 Å². The van der Waals surface area contributed by atoms with Crippen LogP contribution >= 0.6 is 12.4 Å². The van der Waals surface area contributed by atoms with Crippen molar-refractivity contribution in [1.82, 2.24) is 5.32 Å². The zero-order valence-electron chi connectivity index (χ0n) is 14.5. The van der Waals surface area contributed by atoms with E-state index < -0.39 is 0 Å². The molecule has 0 bridgehead atoms. The van der Waals surface area contributed by atoms with E-state index in [9.17, 15) is 4.79 Å². The fourth-order valence-corrected chi connectivity index (χ4v) is 2.29. The third-order valence-electron chi connectivity index (χ3n) is 3.76. The van der Waals surface area contributed by atoms with E-state index in [1.165, 1.54) is 0 Å². The number of anilines is 1.